The SMILES string of the molecule is CCN(CC)[C@H]1CCN(Cc2c(C(=O)N3CCCCCCC3)nc3ccc(Cl)cn23)C1. The summed E-state index contributed by atoms with van der Waals surface area (Å²) in [6, 6.07) is 4.36. The van der Waals surface area contributed by atoms with E-state index in [1.54, 1.807) is 0 Å². The van der Waals surface area contributed by atoms with Crippen molar-refractivity contribution in [2.75, 3.05) is 39.3 Å². The van der Waals surface area contributed by atoms with Gasteiger partial charge in [0.2, 0.25) is 0 Å². The van der Waals surface area contributed by atoms with Crippen LogP contribution in [0.2, 0.25) is 5.02 Å². The molecule has 1 amide bonds. The summed E-state index contributed by atoms with van der Waals surface area (Å²) in [5.41, 5.74) is 2.38. The number of aromatic nitrogens is 2. The number of likely N-dealkylation sites (tertiary alicyclic amines) is 2. The Balaban J connectivity index is 1.60. The van der Waals surface area contributed by atoms with Crippen LogP contribution in [-0.2, 0) is 6.54 Å². The smallest absolute Gasteiger partial charge is 0.274 e. The molecule has 4 heterocycles. The highest BCUT2D eigenvalue weighted by molar-refractivity contribution is 6.30. The van der Waals surface area contributed by atoms with Gasteiger partial charge in [0.15, 0.2) is 5.69 Å². The molecule has 31 heavy (non-hydrogen) atoms. The molecule has 2 aliphatic rings. The summed E-state index contributed by atoms with van der Waals surface area (Å²) < 4.78 is 2.03. The zero-order valence-electron chi connectivity index (χ0n) is 19.0. The number of hydrogen-bond donors (Lipinski definition) is 0. The van der Waals surface area contributed by atoms with Gasteiger partial charge in [-0.15, -0.1) is 0 Å². The Labute approximate surface area is 191 Å². The van der Waals surface area contributed by atoms with E-state index >= 15 is 0 Å². The second-order valence-corrected chi connectivity index (χ2v) is 9.38. The lowest BCUT2D eigenvalue weighted by molar-refractivity contribution is 0.0734. The van der Waals surface area contributed by atoms with Gasteiger partial charge in [-0.2, -0.15) is 0 Å². The monoisotopic (exact) mass is 445 g/mol. The van der Waals surface area contributed by atoms with E-state index in [1.165, 1.54) is 25.7 Å². The molecule has 2 aromatic heterocycles. The molecule has 2 aromatic rings. The van der Waals surface area contributed by atoms with Gasteiger partial charge in [0.1, 0.15) is 5.65 Å². The van der Waals surface area contributed by atoms with E-state index < -0.39 is 0 Å². The summed E-state index contributed by atoms with van der Waals surface area (Å²) in [6.45, 7) is 11.1. The molecule has 0 bridgehead atoms. The number of fused-ring (bicyclic) bond motifs is 1. The molecular weight excluding hydrogens is 410 g/mol. The van der Waals surface area contributed by atoms with Crippen molar-refractivity contribution < 1.29 is 4.79 Å². The largest absolute Gasteiger partial charge is 0.337 e. The first-order valence-electron chi connectivity index (χ1n) is 12.0. The van der Waals surface area contributed by atoms with Gasteiger partial charge in [-0.25, -0.2) is 4.98 Å². The standard InChI is InChI=1S/C24H36ClN5O/c1-3-28(4-2)20-12-15-27(17-20)18-21-23(26-22-11-10-19(25)16-30(21)22)24(31)29-13-8-6-5-7-9-14-29/h10-11,16,20H,3-9,12-15,17-18H2,1-2H3/t20-/m0/s1. The van der Waals surface area contributed by atoms with Crippen LogP contribution in [0.5, 0.6) is 0 Å². The van der Waals surface area contributed by atoms with Crippen molar-refractivity contribution in [3.63, 3.8) is 0 Å². The lowest BCUT2D eigenvalue weighted by Crippen LogP contribution is -2.37. The highest BCUT2D eigenvalue weighted by Gasteiger charge is 2.30. The third kappa shape index (κ3) is 5.07. The van der Waals surface area contributed by atoms with Gasteiger partial charge < -0.3 is 9.30 Å². The Hall–Kier alpha value is -1.63. The van der Waals surface area contributed by atoms with Crippen molar-refractivity contribution in [1.82, 2.24) is 24.1 Å². The number of amides is 1. The predicted molar refractivity (Wildman–Crippen MR) is 126 cm³/mol. The first-order chi connectivity index (χ1) is 15.1. The van der Waals surface area contributed by atoms with E-state index in [-0.39, 0.29) is 5.91 Å². The van der Waals surface area contributed by atoms with Crippen molar-refractivity contribution in [1.29, 1.82) is 0 Å². The zero-order chi connectivity index (χ0) is 21.8. The number of rotatable bonds is 6. The summed E-state index contributed by atoms with van der Waals surface area (Å²) in [6.07, 6.45) is 8.94. The molecule has 0 spiro atoms. The molecule has 0 aromatic carbocycles. The van der Waals surface area contributed by atoms with Gasteiger partial charge in [0.25, 0.3) is 5.91 Å². The molecule has 7 heteroatoms. The minimum Gasteiger partial charge on any atom is -0.337 e. The maximum atomic E-state index is 13.6. The maximum Gasteiger partial charge on any atom is 0.274 e. The summed E-state index contributed by atoms with van der Waals surface area (Å²) in [5, 5.41) is 0.666. The Morgan fingerprint density at radius 2 is 1.81 bits per heavy atom. The first kappa shape index (κ1) is 22.6. The highest BCUT2D eigenvalue weighted by Crippen LogP contribution is 2.24. The van der Waals surface area contributed by atoms with Crippen molar-refractivity contribution in [3.05, 3.63) is 34.7 Å². The molecular formula is C24H36ClN5O. The molecule has 0 saturated carbocycles. The number of likely N-dealkylation sites (N-methyl/N-ethyl adjacent to an activating group) is 1. The van der Waals surface area contributed by atoms with Crippen LogP contribution >= 0.6 is 11.6 Å². The molecule has 0 unspecified atom stereocenters. The molecule has 0 radical (unpaired) electrons. The first-order valence-corrected chi connectivity index (χ1v) is 12.4. The molecule has 170 valence electrons. The van der Waals surface area contributed by atoms with Crippen LogP contribution < -0.4 is 0 Å². The molecule has 1 atom stereocenters. The van der Waals surface area contributed by atoms with E-state index in [2.05, 4.69) is 23.6 Å². The molecule has 6 nitrogen and oxygen atoms in total. The van der Waals surface area contributed by atoms with Crippen molar-refractivity contribution in [2.24, 2.45) is 0 Å². The van der Waals surface area contributed by atoms with Gasteiger partial charge >= 0.3 is 0 Å². The fourth-order valence-electron chi connectivity index (χ4n) is 5.20. The average Bonchev–Trinajstić information content (AvgIpc) is 3.34. The van der Waals surface area contributed by atoms with Crippen molar-refractivity contribution >= 4 is 23.2 Å². The fraction of sp³-hybridized carbons (Fsp3) is 0.667. The number of carbonyl (C=O) groups excluding carboxylic acids is 1. The number of halogens is 1. The second-order valence-electron chi connectivity index (χ2n) is 8.94. The molecule has 0 aliphatic carbocycles. The van der Waals surface area contributed by atoms with E-state index in [0.717, 1.165) is 70.0 Å². The van der Waals surface area contributed by atoms with E-state index in [4.69, 9.17) is 16.6 Å². The third-order valence-electron chi connectivity index (χ3n) is 6.98. The number of pyridine rings is 1. The van der Waals surface area contributed by atoms with Gasteiger partial charge in [0.05, 0.1) is 10.7 Å². The summed E-state index contributed by atoms with van der Waals surface area (Å²) in [4.78, 5) is 25.4. The Bertz CT molecular complexity index is 885. The Morgan fingerprint density at radius 1 is 1.10 bits per heavy atom. The van der Waals surface area contributed by atoms with Gasteiger partial charge in [-0.05, 0) is 44.5 Å². The summed E-state index contributed by atoms with van der Waals surface area (Å²) >= 11 is 6.32. The molecule has 4 rings (SSSR count). The van der Waals surface area contributed by atoms with E-state index in [9.17, 15) is 4.79 Å². The molecule has 2 saturated heterocycles. The predicted octanol–water partition coefficient (Wildman–Crippen LogP) is 4.31. The van der Waals surface area contributed by atoms with E-state index in [1.807, 2.05) is 27.6 Å². The average molecular weight is 446 g/mol. The van der Waals surface area contributed by atoms with Crippen LogP contribution in [0.1, 0.15) is 68.6 Å². The summed E-state index contributed by atoms with van der Waals surface area (Å²) in [7, 11) is 0. The van der Waals surface area contributed by atoms with E-state index in [0.29, 0.717) is 16.8 Å². The topological polar surface area (TPSA) is 44.1 Å². The number of carbonyl (C=O) groups is 1. The normalized spacial score (nSPS) is 21.0. The van der Waals surface area contributed by atoms with Crippen LogP contribution in [0.15, 0.2) is 18.3 Å². The Morgan fingerprint density at radius 3 is 2.52 bits per heavy atom. The second kappa shape index (κ2) is 10.3. The minimum absolute atomic E-state index is 0.0798. The van der Waals surface area contributed by atoms with Crippen LogP contribution in [0, 0.1) is 0 Å². The highest BCUT2D eigenvalue weighted by atomic mass is 35.5. The summed E-state index contributed by atoms with van der Waals surface area (Å²) in [5.74, 6) is 0.0798. The minimum atomic E-state index is 0.0798. The number of hydrogen-bond acceptors (Lipinski definition) is 4. The van der Waals surface area contributed by atoms with Crippen LogP contribution in [0.3, 0.4) is 0 Å². The lowest BCUT2D eigenvalue weighted by Gasteiger charge is -2.26. The maximum absolute atomic E-state index is 13.6. The van der Waals surface area contributed by atoms with Crippen molar-refractivity contribution in [2.45, 2.75) is 65.0 Å². The lowest BCUT2D eigenvalue weighted by atomic mass is 10.1. The molecule has 2 fully saturated rings. The van der Waals surface area contributed by atoms with Crippen LogP contribution in [0.25, 0.3) is 5.65 Å². The van der Waals surface area contributed by atoms with Gasteiger partial charge in [-0.1, -0.05) is 44.7 Å². The Kier molecular flexibility index (Phi) is 7.51. The third-order valence-corrected chi connectivity index (χ3v) is 7.20. The van der Waals surface area contributed by atoms with Crippen LogP contribution in [-0.4, -0.2) is 75.3 Å². The molecule has 2 aliphatic heterocycles. The van der Waals surface area contributed by atoms with Crippen LogP contribution in [0.4, 0.5) is 0 Å². The van der Waals surface area contributed by atoms with Crippen molar-refractivity contribution in [3.8, 4) is 0 Å². The molecule has 0 N–H and O–H groups in total. The fourth-order valence-corrected chi connectivity index (χ4v) is 5.36. The van der Waals surface area contributed by atoms with Gasteiger partial charge in [0, 0.05) is 45.0 Å². The number of imidazole rings is 1. The number of nitrogens with zero attached hydrogens (tertiary/aromatic N) is 5. The zero-order valence-corrected chi connectivity index (χ0v) is 19.8. The van der Waals surface area contributed by atoms with Gasteiger partial charge in [-0.3, -0.25) is 14.6 Å². The quantitative estimate of drug-likeness (QED) is 0.664.